The molecule has 0 spiro atoms. The van der Waals surface area contributed by atoms with Crippen LogP contribution in [0.4, 0.5) is 0 Å². The quantitative estimate of drug-likeness (QED) is 0.773. The highest BCUT2D eigenvalue weighted by atomic mass is 16.5. The molecule has 5 heteroatoms. The second-order valence-corrected chi connectivity index (χ2v) is 4.31. The van der Waals surface area contributed by atoms with Crippen molar-refractivity contribution in [3.8, 4) is 0 Å². The predicted molar refractivity (Wildman–Crippen MR) is 53.6 cm³/mol. The molecule has 0 saturated carbocycles. The molecule has 1 rings (SSSR count). The van der Waals surface area contributed by atoms with Gasteiger partial charge >= 0.3 is 0 Å². The first-order valence-corrected chi connectivity index (χ1v) is 4.64. The number of aromatic nitrogens is 3. The van der Waals surface area contributed by atoms with E-state index >= 15 is 0 Å². The third-order valence-corrected chi connectivity index (χ3v) is 1.83. The van der Waals surface area contributed by atoms with Gasteiger partial charge in [0.1, 0.15) is 0 Å². The van der Waals surface area contributed by atoms with Crippen molar-refractivity contribution in [1.82, 2.24) is 15.0 Å². The fraction of sp³-hybridized carbons (Fsp3) is 0.778. The fourth-order valence-electron chi connectivity index (χ4n) is 1.06. The van der Waals surface area contributed by atoms with Crippen LogP contribution in [0, 0.1) is 0 Å². The van der Waals surface area contributed by atoms with Gasteiger partial charge in [-0.1, -0.05) is 5.21 Å². The van der Waals surface area contributed by atoms with Crippen molar-refractivity contribution in [2.45, 2.75) is 32.4 Å². The van der Waals surface area contributed by atoms with E-state index in [9.17, 15) is 0 Å². The number of aryl methyl sites for hydroxylation is 1. The van der Waals surface area contributed by atoms with Crippen LogP contribution in [0.25, 0.3) is 0 Å². The molecule has 1 aromatic rings. The summed E-state index contributed by atoms with van der Waals surface area (Å²) in [7, 11) is 1.82. The summed E-state index contributed by atoms with van der Waals surface area (Å²) in [6.07, 6.45) is 1.66. The lowest BCUT2D eigenvalue weighted by Gasteiger charge is -2.22. The van der Waals surface area contributed by atoms with Gasteiger partial charge in [-0.25, -0.2) is 0 Å². The summed E-state index contributed by atoms with van der Waals surface area (Å²) in [5.41, 5.74) is 6.64. The molecule has 0 saturated heterocycles. The van der Waals surface area contributed by atoms with Gasteiger partial charge in [0, 0.05) is 7.05 Å². The minimum Gasteiger partial charge on any atom is -0.374 e. The molecule has 0 aliphatic rings. The van der Waals surface area contributed by atoms with Crippen LogP contribution < -0.4 is 5.73 Å². The smallest absolute Gasteiger partial charge is 0.0774 e. The topological polar surface area (TPSA) is 66.0 Å². The van der Waals surface area contributed by atoms with Gasteiger partial charge in [-0.3, -0.25) is 4.68 Å². The van der Waals surface area contributed by atoms with E-state index in [0.717, 1.165) is 5.69 Å². The van der Waals surface area contributed by atoms with Gasteiger partial charge in [0.05, 0.1) is 30.1 Å². The molecule has 80 valence electrons. The highest BCUT2D eigenvalue weighted by molar-refractivity contribution is 5.00. The number of rotatable bonds is 3. The van der Waals surface area contributed by atoms with Gasteiger partial charge in [-0.2, -0.15) is 0 Å². The van der Waals surface area contributed by atoms with E-state index < -0.39 is 0 Å². The molecule has 0 amide bonds. The van der Waals surface area contributed by atoms with Crippen molar-refractivity contribution in [2.75, 3.05) is 6.61 Å². The summed E-state index contributed by atoms with van der Waals surface area (Å²) in [4.78, 5) is 0. The van der Waals surface area contributed by atoms with Crippen molar-refractivity contribution in [3.05, 3.63) is 11.9 Å². The van der Waals surface area contributed by atoms with Crippen molar-refractivity contribution in [3.63, 3.8) is 0 Å². The molecule has 1 heterocycles. The summed E-state index contributed by atoms with van der Waals surface area (Å²) < 4.78 is 7.24. The van der Waals surface area contributed by atoms with Gasteiger partial charge in [0.25, 0.3) is 0 Å². The minimum atomic E-state index is -0.172. The zero-order valence-corrected chi connectivity index (χ0v) is 9.19. The predicted octanol–water partition coefficient (Wildman–Crippen LogP) is 0.630. The largest absolute Gasteiger partial charge is 0.374 e. The molecule has 0 aromatic carbocycles. The monoisotopic (exact) mass is 198 g/mol. The lowest BCUT2D eigenvalue weighted by molar-refractivity contribution is -0.0110. The van der Waals surface area contributed by atoms with Crippen LogP contribution in [0.15, 0.2) is 6.20 Å². The molecule has 0 aliphatic carbocycles. The third kappa shape index (κ3) is 3.08. The van der Waals surface area contributed by atoms with Gasteiger partial charge < -0.3 is 10.5 Å². The van der Waals surface area contributed by atoms with Gasteiger partial charge in [0.15, 0.2) is 0 Å². The molecule has 14 heavy (non-hydrogen) atoms. The molecular formula is C9H18N4O. The Hall–Kier alpha value is -0.940. The highest BCUT2D eigenvalue weighted by Crippen LogP contribution is 2.13. The van der Waals surface area contributed by atoms with Crippen molar-refractivity contribution in [1.29, 1.82) is 0 Å². The molecule has 0 aliphatic heterocycles. The normalized spacial score (nSPS) is 14.4. The molecule has 5 nitrogen and oxygen atoms in total. The Bertz CT molecular complexity index is 289. The minimum absolute atomic E-state index is 0.163. The van der Waals surface area contributed by atoms with E-state index in [0.29, 0.717) is 6.61 Å². The molecular weight excluding hydrogens is 180 g/mol. The van der Waals surface area contributed by atoms with Gasteiger partial charge in [0.2, 0.25) is 0 Å². The molecule has 2 N–H and O–H groups in total. The van der Waals surface area contributed by atoms with Crippen molar-refractivity contribution < 1.29 is 4.74 Å². The van der Waals surface area contributed by atoms with E-state index in [1.165, 1.54) is 0 Å². The number of ether oxygens (including phenoxy) is 1. The first-order chi connectivity index (χ1) is 6.40. The van der Waals surface area contributed by atoms with Crippen LogP contribution >= 0.6 is 0 Å². The third-order valence-electron chi connectivity index (χ3n) is 1.83. The number of nitrogens with zero attached hydrogens (tertiary/aromatic N) is 3. The Morgan fingerprint density at radius 2 is 2.21 bits per heavy atom. The summed E-state index contributed by atoms with van der Waals surface area (Å²) in [6, 6.07) is -0.172. The van der Waals surface area contributed by atoms with E-state index in [-0.39, 0.29) is 11.6 Å². The fourth-order valence-corrected chi connectivity index (χ4v) is 1.06. The Balaban J connectivity index is 2.51. The average molecular weight is 198 g/mol. The van der Waals surface area contributed by atoms with Crippen LogP contribution in [0.2, 0.25) is 0 Å². The van der Waals surface area contributed by atoms with Crippen molar-refractivity contribution in [2.24, 2.45) is 12.8 Å². The number of nitrogens with two attached hydrogens (primary N) is 1. The Morgan fingerprint density at radius 1 is 1.57 bits per heavy atom. The lowest BCUT2D eigenvalue weighted by Crippen LogP contribution is -2.27. The zero-order chi connectivity index (χ0) is 10.8. The SMILES string of the molecule is Cn1nncc1C(N)COC(C)(C)C. The Labute approximate surface area is 84.2 Å². The molecule has 1 aromatic heterocycles. The lowest BCUT2D eigenvalue weighted by atomic mass is 10.2. The van der Waals surface area contributed by atoms with Crippen LogP contribution in [-0.2, 0) is 11.8 Å². The number of hydrogen-bond donors (Lipinski definition) is 1. The van der Waals surface area contributed by atoms with E-state index in [1.54, 1.807) is 10.9 Å². The standard InChI is InChI=1S/C9H18N4O/c1-9(2,3)14-6-7(10)8-5-11-12-13(8)4/h5,7H,6,10H2,1-4H3. The van der Waals surface area contributed by atoms with Gasteiger partial charge in [-0.05, 0) is 20.8 Å². The molecule has 1 unspecified atom stereocenters. The summed E-state index contributed by atoms with van der Waals surface area (Å²) in [5, 5.41) is 7.58. The first-order valence-electron chi connectivity index (χ1n) is 4.64. The average Bonchev–Trinajstić information content (AvgIpc) is 2.46. The second-order valence-electron chi connectivity index (χ2n) is 4.31. The van der Waals surface area contributed by atoms with Crippen molar-refractivity contribution >= 4 is 0 Å². The highest BCUT2D eigenvalue weighted by Gasteiger charge is 2.16. The van der Waals surface area contributed by atoms with Crippen LogP contribution in [0.3, 0.4) is 0 Å². The maximum Gasteiger partial charge on any atom is 0.0774 e. The zero-order valence-electron chi connectivity index (χ0n) is 9.19. The first kappa shape index (κ1) is 11.1. The Kier molecular flexibility index (Phi) is 3.23. The molecule has 1 atom stereocenters. The summed E-state index contributed by atoms with van der Waals surface area (Å²) >= 11 is 0. The maximum atomic E-state index is 5.92. The maximum absolute atomic E-state index is 5.92. The number of hydrogen-bond acceptors (Lipinski definition) is 4. The van der Waals surface area contributed by atoms with Crippen LogP contribution in [-0.4, -0.2) is 27.2 Å². The van der Waals surface area contributed by atoms with Crippen LogP contribution in [0.5, 0.6) is 0 Å². The molecule has 0 radical (unpaired) electrons. The molecule has 0 fully saturated rings. The van der Waals surface area contributed by atoms with Gasteiger partial charge in [-0.15, -0.1) is 5.10 Å². The van der Waals surface area contributed by atoms with Crippen LogP contribution in [0.1, 0.15) is 32.5 Å². The summed E-state index contributed by atoms with van der Waals surface area (Å²) in [5.74, 6) is 0. The molecule has 0 bridgehead atoms. The Morgan fingerprint density at radius 3 is 2.64 bits per heavy atom. The second kappa shape index (κ2) is 4.06. The van der Waals surface area contributed by atoms with E-state index in [4.69, 9.17) is 10.5 Å². The van der Waals surface area contributed by atoms with E-state index in [2.05, 4.69) is 10.3 Å². The van der Waals surface area contributed by atoms with E-state index in [1.807, 2.05) is 27.8 Å². The summed E-state index contributed by atoms with van der Waals surface area (Å²) in [6.45, 7) is 6.48.